The summed E-state index contributed by atoms with van der Waals surface area (Å²) in [6.07, 6.45) is 3.86. The van der Waals surface area contributed by atoms with Gasteiger partial charge in [-0.15, -0.1) is 0 Å². The Labute approximate surface area is 219 Å². The summed E-state index contributed by atoms with van der Waals surface area (Å²) in [5, 5.41) is 25.5. The molecular weight excluding hydrogens is 498 g/mol. The molecule has 3 rings (SSSR count). The van der Waals surface area contributed by atoms with E-state index in [1.54, 1.807) is 6.20 Å². The highest BCUT2D eigenvalue weighted by Gasteiger charge is 2.39. The number of para-hydroxylation sites is 1. The van der Waals surface area contributed by atoms with Gasteiger partial charge in [0.2, 0.25) is 17.7 Å². The number of benzene rings is 1. The largest absolute Gasteiger partial charge is 0.480 e. The van der Waals surface area contributed by atoms with Gasteiger partial charge < -0.3 is 36.5 Å². The van der Waals surface area contributed by atoms with Gasteiger partial charge in [0.1, 0.15) is 24.2 Å². The number of amides is 3. The van der Waals surface area contributed by atoms with Crippen LogP contribution >= 0.6 is 11.8 Å². The number of fused-ring (bicyclic) bond motifs is 1. The number of nitrogens with one attached hydrogen (secondary N) is 3. The first kappa shape index (κ1) is 28.5. The molecule has 1 aliphatic rings. The van der Waals surface area contributed by atoms with Crippen LogP contribution in [-0.4, -0.2) is 92.6 Å². The molecule has 0 radical (unpaired) electrons. The first-order valence-corrected chi connectivity index (χ1v) is 13.6. The van der Waals surface area contributed by atoms with Crippen LogP contribution in [-0.2, 0) is 25.6 Å². The predicted molar refractivity (Wildman–Crippen MR) is 141 cm³/mol. The second kappa shape index (κ2) is 12.9. The molecule has 1 aromatic heterocycles. The fourth-order valence-electron chi connectivity index (χ4n) is 4.47. The van der Waals surface area contributed by atoms with E-state index in [4.69, 9.17) is 5.73 Å². The number of carboxylic acid groups (broad SMARTS) is 1. The standard InChI is InChI=1S/C25H35N5O6S/c1-14(31)21(26)23(33)28-18(9-11-37-2)24(34)30-10-5-8-20(30)22(32)29-19(25(35)36)12-15-13-27-17-7-4-3-6-16(15)17/h3-4,6-7,13-14,18-21,27,31H,5,8-12,26H2,1-2H3,(H,28,33)(H,29,32)(H,35,36). The lowest BCUT2D eigenvalue weighted by Gasteiger charge is -2.30. The summed E-state index contributed by atoms with van der Waals surface area (Å²) >= 11 is 1.50. The summed E-state index contributed by atoms with van der Waals surface area (Å²) in [6, 6.07) is 3.36. The lowest BCUT2D eigenvalue weighted by molar-refractivity contribution is -0.145. The van der Waals surface area contributed by atoms with Gasteiger partial charge in [0, 0.05) is 30.1 Å². The van der Waals surface area contributed by atoms with Crippen LogP contribution < -0.4 is 16.4 Å². The van der Waals surface area contributed by atoms with Crippen LogP contribution in [0.25, 0.3) is 10.9 Å². The van der Waals surface area contributed by atoms with Gasteiger partial charge >= 0.3 is 5.97 Å². The molecule has 37 heavy (non-hydrogen) atoms. The number of aliphatic hydroxyl groups excluding tert-OH is 1. The second-order valence-corrected chi connectivity index (χ2v) is 10.2. The Hall–Kier alpha value is -3.09. The maximum Gasteiger partial charge on any atom is 0.326 e. The molecule has 2 heterocycles. The third-order valence-electron chi connectivity index (χ3n) is 6.60. The van der Waals surface area contributed by atoms with Crippen molar-refractivity contribution in [1.29, 1.82) is 0 Å². The number of aromatic amines is 1. The van der Waals surface area contributed by atoms with Gasteiger partial charge in [-0.25, -0.2) is 4.79 Å². The minimum atomic E-state index is -1.19. The topological polar surface area (TPSA) is 178 Å². The highest BCUT2D eigenvalue weighted by Crippen LogP contribution is 2.22. The van der Waals surface area contributed by atoms with Gasteiger partial charge in [0.25, 0.3) is 0 Å². The quantitative estimate of drug-likeness (QED) is 0.224. The summed E-state index contributed by atoms with van der Waals surface area (Å²) in [6.45, 7) is 1.70. The molecule has 5 atom stereocenters. The van der Waals surface area contributed by atoms with Crippen molar-refractivity contribution in [3.8, 4) is 0 Å². The lowest BCUT2D eigenvalue weighted by Crippen LogP contribution is -2.58. The van der Waals surface area contributed by atoms with Crippen molar-refractivity contribution in [3.05, 3.63) is 36.0 Å². The Morgan fingerprint density at radius 3 is 2.62 bits per heavy atom. The number of carbonyl (C=O) groups is 4. The van der Waals surface area contributed by atoms with Crippen LogP contribution in [0.2, 0.25) is 0 Å². The summed E-state index contributed by atoms with van der Waals surface area (Å²) in [5.74, 6) is -2.22. The first-order valence-electron chi connectivity index (χ1n) is 12.3. The van der Waals surface area contributed by atoms with E-state index in [-0.39, 0.29) is 6.42 Å². The van der Waals surface area contributed by atoms with Gasteiger partial charge in [0.15, 0.2) is 0 Å². The van der Waals surface area contributed by atoms with E-state index < -0.39 is 54.0 Å². The van der Waals surface area contributed by atoms with Gasteiger partial charge in [-0.3, -0.25) is 14.4 Å². The van der Waals surface area contributed by atoms with E-state index >= 15 is 0 Å². The van der Waals surface area contributed by atoms with E-state index in [2.05, 4.69) is 15.6 Å². The zero-order valence-electron chi connectivity index (χ0n) is 21.0. The number of nitrogens with zero attached hydrogens (tertiary/aromatic N) is 1. The van der Waals surface area contributed by atoms with E-state index in [0.717, 1.165) is 16.5 Å². The molecule has 1 saturated heterocycles. The zero-order chi connectivity index (χ0) is 27.1. The van der Waals surface area contributed by atoms with Crippen molar-refractivity contribution in [1.82, 2.24) is 20.5 Å². The molecule has 202 valence electrons. The highest BCUT2D eigenvalue weighted by atomic mass is 32.2. The van der Waals surface area contributed by atoms with Crippen LogP contribution in [0.3, 0.4) is 0 Å². The molecular formula is C25H35N5O6S. The number of aliphatic hydroxyl groups is 1. The van der Waals surface area contributed by atoms with Crippen molar-refractivity contribution < 1.29 is 29.4 Å². The van der Waals surface area contributed by atoms with Crippen LogP contribution in [0.5, 0.6) is 0 Å². The van der Waals surface area contributed by atoms with Crippen molar-refractivity contribution in [2.24, 2.45) is 5.73 Å². The number of aliphatic carboxylic acids is 1. The number of aromatic nitrogens is 1. The van der Waals surface area contributed by atoms with Crippen molar-refractivity contribution in [3.63, 3.8) is 0 Å². The predicted octanol–water partition coefficient (Wildman–Crippen LogP) is 0.217. The Morgan fingerprint density at radius 1 is 1.22 bits per heavy atom. The van der Waals surface area contributed by atoms with Crippen molar-refractivity contribution >= 4 is 46.4 Å². The smallest absolute Gasteiger partial charge is 0.326 e. The van der Waals surface area contributed by atoms with E-state index in [1.807, 2.05) is 30.5 Å². The van der Waals surface area contributed by atoms with Gasteiger partial charge in [-0.2, -0.15) is 11.8 Å². The number of H-pyrrole nitrogens is 1. The minimum absolute atomic E-state index is 0.0788. The fourth-order valence-corrected chi connectivity index (χ4v) is 4.94. The summed E-state index contributed by atoms with van der Waals surface area (Å²) in [5.41, 5.74) is 7.36. The number of thioether (sulfide) groups is 1. The number of nitrogens with two attached hydrogens (primary N) is 1. The maximum atomic E-state index is 13.4. The molecule has 1 fully saturated rings. The Morgan fingerprint density at radius 2 is 1.95 bits per heavy atom. The minimum Gasteiger partial charge on any atom is -0.480 e. The lowest BCUT2D eigenvalue weighted by atomic mass is 10.0. The third kappa shape index (κ3) is 7.02. The van der Waals surface area contributed by atoms with Crippen molar-refractivity contribution in [2.75, 3.05) is 18.6 Å². The average Bonchev–Trinajstić information content (AvgIpc) is 3.52. The van der Waals surface area contributed by atoms with Crippen LogP contribution in [0.1, 0.15) is 31.7 Å². The fraction of sp³-hybridized carbons (Fsp3) is 0.520. The normalized spacial score (nSPS) is 18.7. The van der Waals surface area contributed by atoms with Crippen LogP contribution in [0, 0.1) is 0 Å². The maximum absolute atomic E-state index is 13.4. The van der Waals surface area contributed by atoms with E-state index in [0.29, 0.717) is 31.6 Å². The summed E-state index contributed by atoms with van der Waals surface area (Å²) in [4.78, 5) is 55.6. The molecule has 0 aliphatic carbocycles. The molecule has 11 nitrogen and oxygen atoms in total. The molecule has 0 saturated carbocycles. The molecule has 1 aromatic carbocycles. The molecule has 1 aliphatic heterocycles. The number of rotatable bonds is 12. The number of carboxylic acids is 1. The molecule has 5 unspecified atom stereocenters. The summed E-state index contributed by atoms with van der Waals surface area (Å²) < 4.78 is 0. The molecule has 7 N–H and O–H groups in total. The second-order valence-electron chi connectivity index (χ2n) is 9.26. The molecule has 12 heteroatoms. The monoisotopic (exact) mass is 533 g/mol. The van der Waals surface area contributed by atoms with Crippen LogP contribution in [0.4, 0.5) is 0 Å². The first-order chi connectivity index (χ1) is 17.6. The highest BCUT2D eigenvalue weighted by molar-refractivity contribution is 7.98. The Bertz CT molecular complexity index is 1120. The molecule has 0 spiro atoms. The molecule has 2 aromatic rings. The average molecular weight is 534 g/mol. The third-order valence-corrected chi connectivity index (χ3v) is 7.24. The number of likely N-dealkylation sites (tertiary alicyclic amines) is 1. The molecule has 0 bridgehead atoms. The van der Waals surface area contributed by atoms with E-state index in [1.165, 1.54) is 23.6 Å². The van der Waals surface area contributed by atoms with Crippen molar-refractivity contribution in [2.45, 2.75) is 62.9 Å². The Kier molecular flexibility index (Phi) is 9.95. The number of hydrogen-bond donors (Lipinski definition) is 6. The van der Waals surface area contributed by atoms with E-state index in [9.17, 15) is 29.4 Å². The van der Waals surface area contributed by atoms with Crippen LogP contribution in [0.15, 0.2) is 30.5 Å². The number of hydrogen-bond acceptors (Lipinski definition) is 7. The summed E-state index contributed by atoms with van der Waals surface area (Å²) in [7, 11) is 0. The van der Waals surface area contributed by atoms with Gasteiger partial charge in [-0.05, 0) is 49.8 Å². The number of carbonyl (C=O) groups excluding carboxylic acids is 3. The zero-order valence-corrected chi connectivity index (χ0v) is 21.8. The van der Waals surface area contributed by atoms with Gasteiger partial charge in [0.05, 0.1) is 6.10 Å². The Balaban J connectivity index is 1.72. The van der Waals surface area contributed by atoms with Gasteiger partial charge in [-0.1, -0.05) is 18.2 Å². The molecule has 3 amide bonds. The SMILES string of the molecule is CSCCC(NC(=O)C(N)C(C)O)C(=O)N1CCCC1C(=O)NC(Cc1c[nH]c2ccccc12)C(=O)O.